The van der Waals surface area contributed by atoms with Crippen LogP contribution in [0.15, 0.2) is 127 Å². The topological polar surface area (TPSA) is 0 Å². The second-order valence-electron chi connectivity index (χ2n) is 9.82. The van der Waals surface area contributed by atoms with Gasteiger partial charge in [0.2, 0.25) is 0 Å². The average molecular weight is 622 g/mol. The van der Waals surface area contributed by atoms with Gasteiger partial charge in [0.25, 0.3) is 0 Å². The molecule has 189 valence electrons. The molecule has 0 bridgehead atoms. The minimum absolute atomic E-state index is 0. The average Bonchev–Trinajstić information content (AvgIpc) is 3.47. The van der Waals surface area contributed by atoms with E-state index >= 15 is 0 Å². The van der Waals surface area contributed by atoms with E-state index in [4.69, 9.17) is 0 Å². The third-order valence-electron chi connectivity index (χ3n) is 7.83. The van der Waals surface area contributed by atoms with Crippen molar-refractivity contribution in [1.29, 1.82) is 0 Å². The molecule has 0 aromatic heterocycles. The predicted molar refractivity (Wildman–Crippen MR) is 156 cm³/mol. The minimum atomic E-state index is 0. The fourth-order valence-corrected chi connectivity index (χ4v) is 6.16. The van der Waals surface area contributed by atoms with E-state index in [1.54, 1.807) is 0 Å². The largest absolute Gasteiger partial charge is 3.00 e. The third kappa shape index (κ3) is 4.98. The Morgan fingerprint density at radius 2 is 1.15 bits per heavy atom. The number of hydrogen-bond acceptors (Lipinski definition) is 0. The van der Waals surface area contributed by atoms with Crippen LogP contribution < -0.4 is 24.8 Å². The second-order valence-corrected chi connectivity index (χ2v) is 9.82. The molecule has 0 saturated heterocycles. The van der Waals surface area contributed by atoms with Crippen LogP contribution in [0.4, 0.5) is 0 Å². The predicted octanol–water partition coefficient (Wildman–Crippen LogP) is 4.23. The Hall–Kier alpha value is -2.83. The van der Waals surface area contributed by atoms with Crippen molar-refractivity contribution in [2.75, 3.05) is 0 Å². The molecule has 7 aromatic rings. The van der Waals surface area contributed by atoms with Gasteiger partial charge in [-0.1, -0.05) is 122 Å². The van der Waals surface area contributed by atoms with Crippen molar-refractivity contribution in [3.05, 3.63) is 139 Å². The molecule has 0 spiro atoms. The monoisotopic (exact) mass is 619 g/mol. The van der Waals surface area contributed by atoms with Gasteiger partial charge in [-0.15, -0.1) is 39.7 Å². The van der Waals surface area contributed by atoms with Crippen LogP contribution in [0, 0.1) is 0 Å². The van der Waals surface area contributed by atoms with Crippen LogP contribution in [0.1, 0.15) is 30.4 Å². The normalized spacial score (nSPS) is 13.0. The van der Waals surface area contributed by atoms with Crippen LogP contribution in [-0.2, 0) is 26.2 Å². The number of fused-ring (bicyclic) bond motifs is 9. The summed E-state index contributed by atoms with van der Waals surface area (Å²) in [5.74, 6) is 0.566. The van der Waals surface area contributed by atoms with Crippen molar-refractivity contribution >= 4 is 43.1 Å². The summed E-state index contributed by atoms with van der Waals surface area (Å²) in [7, 11) is 0. The quantitative estimate of drug-likeness (QED) is 0.241. The molecule has 0 aliphatic heterocycles. The molecule has 0 heterocycles. The Labute approximate surface area is 261 Å². The first-order valence-corrected chi connectivity index (χ1v) is 12.9. The zero-order valence-electron chi connectivity index (χ0n) is 21.7. The van der Waals surface area contributed by atoms with Gasteiger partial charge in [-0.25, -0.2) is 0 Å². The van der Waals surface area contributed by atoms with Crippen LogP contribution in [0.3, 0.4) is 0 Å². The summed E-state index contributed by atoms with van der Waals surface area (Å²) in [6, 6.07) is 46.2. The van der Waals surface area contributed by atoms with Crippen molar-refractivity contribution in [2.24, 2.45) is 0 Å². The van der Waals surface area contributed by atoms with Crippen molar-refractivity contribution in [1.82, 2.24) is 0 Å². The summed E-state index contributed by atoms with van der Waals surface area (Å²) < 4.78 is 0. The summed E-state index contributed by atoms with van der Waals surface area (Å²) in [5, 5.41) is 10.7. The third-order valence-corrected chi connectivity index (χ3v) is 7.83. The van der Waals surface area contributed by atoms with Gasteiger partial charge in [0, 0.05) is 5.92 Å². The molecule has 1 radical (unpaired) electrons. The fourth-order valence-electron chi connectivity index (χ4n) is 6.16. The van der Waals surface area contributed by atoms with E-state index in [0.717, 1.165) is 0 Å². The first kappa shape index (κ1) is 29.2. The Bertz CT molecular complexity index is 1890. The Morgan fingerprint density at radius 1 is 0.538 bits per heavy atom. The van der Waals surface area contributed by atoms with Crippen molar-refractivity contribution in [3.8, 4) is 11.1 Å². The van der Waals surface area contributed by atoms with Gasteiger partial charge in [0.1, 0.15) is 0 Å². The van der Waals surface area contributed by atoms with Crippen LogP contribution in [0.25, 0.3) is 54.2 Å². The molecular formula is C36H27Cl2Zr. The molecule has 0 nitrogen and oxygen atoms in total. The summed E-state index contributed by atoms with van der Waals surface area (Å²) in [5.41, 5.74) is 5.89. The maximum atomic E-state index is 2.33. The first-order valence-electron chi connectivity index (χ1n) is 12.9. The molecule has 0 saturated carbocycles. The molecule has 1 aliphatic carbocycles. The van der Waals surface area contributed by atoms with Crippen LogP contribution >= 0.6 is 0 Å². The number of rotatable bonds is 1. The van der Waals surface area contributed by atoms with Gasteiger partial charge in [0.15, 0.2) is 0 Å². The number of hydrogen-bond donors (Lipinski definition) is 0. The van der Waals surface area contributed by atoms with Gasteiger partial charge < -0.3 is 24.8 Å². The molecule has 0 amide bonds. The van der Waals surface area contributed by atoms with E-state index < -0.39 is 0 Å². The molecule has 39 heavy (non-hydrogen) atoms. The summed E-state index contributed by atoms with van der Waals surface area (Å²) in [4.78, 5) is 0. The fraction of sp³-hybridized carbons (Fsp3) is 0.0833. The zero-order chi connectivity index (χ0) is 24.1. The summed E-state index contributed by atoms with van der Waals surface area (Å²) in [6.45, 7) is 2.28. The smallest absolute Gasteiger partial charge is 1.00 e. The minimum Gasteiger partial charge on any atom is -1.00 e. The number of halogens is 2. The standard InChI is InChI=1S/C19H16.C17H11.2ClH.Zr/c1-2-14-16-9-5-6-10-17(16)19-15-8-4-3-7-13(15)11-12-18(14)19;1-2-6-13-11-17-15(9-12(13)5-1)10-14-7-3-4-8-16(14)17;;;/h3-12,14H,2H2,1H3;1-11H;2*1H;/q;-1;;;+3/p-2. The van der Waals surface area contributed by atoms with E-state index in [1.807, 2.05) is 0 Å². The van der Waals surface area contributed by atoms with E-state index in [-0.39, 0.29) is 51.0 Å². The van der Waals surface area contributed by atoms with Crippen molar-refractivity contribution < 1.29 is 51.0 Å². The molecule has 1 unspecified atom stereocenters. The van der Waals surface area contributed by atoms with Crippen molar-refractivity contribution in [3.63, 3.8) is 0 Å². The Balaban J connectivity index is 0.000000169. The second kappa shape index (κ2) is 12.1. The van der Waals surface area contributed by atoms with Crippen LogP contribution in [0.2, 0.25) is 0 Å². The molecule has 7 aromatic carbocycles. The Kier molecular flexibility index (Phi) is 9.08. The van der Waals surface area contributed by atoms with Crippen LogP contribution in [-0.4, -0.2) is 0 Å². The first-order chi connectivity index (χ1) is 17.8. The summed E-state index contributed by atoms with van der Waals surface area (Å²) in [6.07, 6.45) is 1.17. The summed E-state index contributed by atoms with van der Waals surface area (Å²) >= 11 is 0. The van der Waals surface area contributed by atoms with E-state index in [1.165, 1.54) is 71.8 Å². The molecule has 3 heteroatoms. The molecule has 8 rings (SSSR count). The molecule has 0 N–H and O–H groups in total. The molecular weight excluding hydrogens is 595 g/mol. The van der Waals surface area contributed by atoms with E-state index in [9.17, 15) is 0 Å². The van der Waals surface area contributed by atoms with Crippen LogP contribution in [0.5, 0.6) is 0 Å². The van der Waals surface area contributed by atoms with E-state index in [0.29, 0.717) is 5.92 Å². The van der Waals surface area contributed by atoms with Gasteiger partial charge in [-0.2, -0.15) is 0 Å². The molecule has 1 aliphatic rings. The van der Waals surface area contributed by atoms with Gasteiger partial charge >= 0.3 is 26.2 Å². The van der Waals surface area contributed by atoms with Gasteiger partial charge in [0.05, 0.1) is 0 Å². The molecule has 0 fully saturated rings. The maximum Gasteiger partial charge on any atom is 3.00 e. The van der Waals surface area contributed by atoms with Gasteiger partial charge in [-0.3, -0.25) is 0 Å². The number of benzene rings is 6. The maximum absolute atomic E-state index is 2.33. The van der Waals surface area contributed by atoms with E-state index in [2.05, 4.69) is 134 Å². The zero-order valence-corrected chi connectivity index (χ0v) is 25.6. The Morgan fingerprint density at radius 3 is 1.92 bits per heavy atom. The molecule has 1 atom stereocenters. The van der Waals surface area contributed by atoms with Gasteiger partial charge in [-0.05, 0) is 44.8 Å². The SMILES string of the molecule is CCC1c2ccccc2-c2c1ccc1ccccc21.[Cl-].[Cl-].[Zr+3].c1ccc2cc3c(cc2c1)[cH-]c1ccccc13. The van der Waals surface area contributed by atoms with Crippen molar-refractivity contribution in [2.45, 2.75) is 19.3 Å².